The van der Waals surface area contributed by atoms with Gasteiger partial charge in [0.25, 0.3) is 0 Å². The normalized spacial score (nSPS) is 12.2. The Kier molecular flexibility index (Phi) is 5.93. The number of nitrogens with zero attached hydrogens (tertiary/aromatic N) is 1. The second-order valence-corrected chi connectivity index (χ2v) is 6.19. The van der Waals surface area contributed by atoms with Crippen molar-refractivity contribution in [2.75, 3.05) is 19.6 Å². The largest absolute Gasteiger partial charge is 0.330 e. The highest BCUT2D eigenvalue weighted by Gasteiger charge is 2.20. The Hall–Kier alpha value is -0.280. The second-order valence-electron chi connectivity index (χ2n) is 5.37. The molecule has 0 fully saturated rings. The van der Waals surface area contributed by atoms with Gasteiger partial charge in [-0.05, 0) is 30.6 Å². The van der Waals surface area contributed by atoms with Gasteiger partial charge in [0.15, 0.2) is 0 Å². The highest BCUT2D eigenvalue weighted by Crippen LogP contribution is 2.26. The summed E-state index contributed by atoms with van der Waals surface area (Å²) in [6, 6.07) is 5.63. The van der Waals surface area contributed by atoms with Crippen molar-refractivity contribution in [1.29, 1.82) is 0 Å². The fraction of sp³-hybridized carbons (Fsp3) is 0.571. The zero-order chi connectivity index (χ0) is 13.8. The van der Waals surface area contributed by atoms with Gasteiger partial charge in [-0.1, -0.05) is 50.0 Å². The number of rotatable bonds is 6. The molecule has 0 saturated heterocycles. The molecule has 1 rings (SSSR count). The van der Waals surface area contributed by atoms with Gasteiger partial charge in [-0.15, -0.1) is 0 Å². The molecule has 0 aliphatic carbocycles. The maximum absolute atomic E-state index is 6.20. The molecule has 0 radical (unpaired) electrons. The molecule has 0 spiro atoms. The van der Waals surface area contributed by atoms with Crippen LogP contribution in [0.15, 0.2) is 18.2 Å². The van der Waals surface area contributed by atoms with Crippen molar-refractivity contribution >= 4 is 23.2 Å². The molecule has 0 amide bonds. The first-order chi connectivity index (χ1) is 8.39. The van der Waals surface area contributed by atoms with Crippen molar-refractivity contribution in [1.82, 2.24) is 4.90 Å². The van der Waals surface area contributed by atoms with Crippen LogP contribution in [-0.2, 0) is 6.54 Å². The Morgan fingerprint density at radius 1 is 1.22 bits per heavy atom. The van der Waals surface area contributed by atoms with Crippen molar-refractivity contribution in [3.63, 3.8) is 0 Å². The molecule has 0 bridgehead atoms. The van der Waals surface area contributed by atoms with E-state index < -0.39 is 0 Å². The number of nitrogens with two attached hydrogens (primary N) is 1. The molecule has 2 nitrogen and oxygen atoms in total. The van der Waals surface area contributed by atoms with Crippen molar-refractivity contribution in [3.05, 3.63) is 33.8 Å². The van der Waals surface area contributed by atoms with Crippen LogP contribution in [0.1, 0.15) is 26.3 Å². The molecule has 102 valence electrons. The van der Waals surface area contributed by atoms with E-state index >= 15 is 0 Å². The van der Waals surface area contributed by atoms with Gasteiger partial charge >= 0.3 is 0 Å². The van der Waals surface area contributed by atoms with E-state index in [-0.39, 0.29) is 5.41 Å². The van der Waals surface area contributed by atoms with E-state index in [0.717, 1.165) is 35.2 Å². The number of benzene rings is 1. The van der Waals surface area contributed by atoms with Gasteiger partial charge in [0.1, 0.15) is 0 Å². The van der Waals surface area contributed by atoms with Gasteiger partial charge in [-0.3, -0.25) is 4.90 Å². The predicted octanol–water partition coefficient (Wildman–Crippen LogP) is 3.80. The van der Waals surface area contributed by atoms with E-state index in [1.807, 2.05) is 18.2 Å². The monoisotopic (exact) mass is 288 g/mol. The Bertz CT molecular complexity index is 371. The number of hydrogen-bond donors (Lipinski definition) is 1. The number of hydrogen-bond acceptors (Lipinski definition) is 2. The van der Waals surface area contributed by atoms with E-state index in [1.165, 1.54) is 0 Å². The Morgan fingerprint density at radius 2 is 1.78 bits per heavy atom. The molecule has 1 aromatic carbocycles. The molecule has 0 aliphatic heterocycles. The molecule has 4 heteroatoms. The Balaban J connectivity index is 2.80. The van der Waals surface area contributed by atoms with Gasteiger partial charge in [0.05, 0.1) is 0 Å². The fourth-order valence-electron chi connectivity index (χ4n) is 1.86. The van der Waals surface area contributed by atoms with Crippen molar-refractivity contribution in [3.8, 4) is 0 Å². The quantitative estimate of drug-likeness (QED) is 0.863. The lowest BCUT2D eigenvalue weighted by atomic mass is 9.93. The minimum absolute atomic E-state index is 0.101. The van der Waals surface area contributed by atoms with Crippen molar-refractivity contribution in [2.24, 2.45) is 11.1 Å². The highest BCUT2D eigenvalue weighted by molar-refractivity contribution is 6.35. The SMILES string of the molecule is CCN(Cc1c(Cl)cccc1Cl)CC(C)(C)CN. The second kappa shape index (κ2) is 6.76. The molecule has 0 saturated carbocycles. The predicted molar refractivity (Wildman–Crippen MR) is 80.2 cm³/mol. The minimum Gasteiger partial charge on any atom is -0.330 e. The van der Waals surface area contributed by atoms with Crippen LogP contribution in [0.2, 0.25) is 10.0 Å². The molecule has 2 N–H and O–H groups in total. The lowest BCUT2D eigenvalue weighted by Gasteiger charge is -2.31. The van der Waals surface area contributed by atoms with Crippen LogP contribution in [0.25, 0.3) is 0 Å². The van der Waals surface area contributed by atoms with Crippen LogP contribution in [0.5, 0.6) is 0 Å². The lowest BCUT2D eigenvalue weighted by Crippen LogP contribution is -2.38. The molecule has 0 unspecified atom stereocenters. The van der Waals surface area contributed by atoms with Crippen LogP contribution in [0.3, 0.4) is 0 Å². The van der Waals surface area contributed by atoms with Crippen molar-refractivity contribution < 1.29 is 0 Å². The molecular formula is C14H22Cl2N2. The first kappa shape index (κ1) is 15.8. The summed E-state index contributed by atoms with van der Waals surface area (Å²) in [6.07, 6.45) is 0. The first-order valence-corrected chi connectivity index (χ1v) is 7.00. The van der Waals surface area contributed by atoms with E-state index in [4.69, 9.17) is 28.9 Å². The third kappa shape index (κ3) is 4.43. The maximum Gasteiger partial charge on any atom is 0.0465 e. The van der Waals surface area contributed by atoms with E-state index in [9.17, 15) is 0 Å². The fourth-order valence-corrected chi connectivity index (χ4v) is 2.37. The maximum atomic E-state index is 6.20. The Labute approximate surface area is 120 Å². The molecule has 0 atom stereocenters. The third-order valence-electron chi connectivity index (χ3n) is 3.09. The van der Waals surface area contributed by atoms with Gasteiger partial charge in [-0.2, -0.15) is 0 Å². The summed E-state index contributed by atoms with van der Waals surface area (Å²) in [4.78, 5) is 2.32. The first-order valence-electron chi connectivity index (χ1n) is 6.25. The van der Waals surface area contributed by atoms with Crippen LogP contribution in [0, 0.1) is 5.41 Å². The molecule has 0 heterocycles. The standard InChI is InChI=1S/C14H22Cl2N2/c1-4-18(10-14(2,3)9-17)8-11-12(15)6-5-7-13(11)16/h5-7H,4,8-10,17H2,1-3H3. The minimum atomic E-state index is 0.101. The average Bonchev–Trinajstić information content (AvgIpc) is 2.32. The van der Waals surface area contributed by atoms with Gasteiger partial charge in [0, 0.05) is 28.7 Å². The van der Waals surface area contributed by atoms with E-state index in [0.29, 0.717) is 6.54 Å². The summed E-state index contributed by atoms with van der Waals surface area (Å²) in [7, 11) is 0. The van der Waals surface area contributed by atoms with Gasteiger partial charge < -0.3 is 5.73 Å². The topological polar surface area (TPSA) is 29.3 Å². The Morgan fingerprint density at radius 3 is 2.22 bits per heavy atom. The summed E-state index contributed by atoms with van der Waals surface area (Å²) in [5.41, 5.74) is 6.88. The zero-order valence-corrected chi connectivity index (χ0v) is 12.9. The lowest BCUT2D eigenvalue weighted by molar-refractivity contribution is 0.183. The average molecular weight is 289 g/mol. The summed E-state index contributed by atoms with van der Waals surface area (Å²) in [6.45, 7) is 9.79. The van der Waals surface area contributed by atoms with Gasteiger partial charge in [-0.25, -0.2) is 0 Å². The molecule has 18 heavy (non-hydrogen) atoms. The van der Waals surface area contributed by atoms with Crippen molar-refractivity contribution in [2.45, 2.75) is 27.3 Å². The molecule has 1 aromatic rings. The highest BCUT2D eigenvalue weighted by atomic mass is 35.5. The summed E-state index contributed by atoms with van der Waals surface area (Å²) >= 11 is 12.4. The molecule has 0 aliphatic rings. The van der Waals surface area contributed by atoms with Crippen LogP contribution >= 0.6 is 23.2 Å². The van der Waals surface area contributed by atoms with E-state index in [2.05, 4.69) is 25.7 Å². The number of halogens is 2. The summed E-state index contributed by atoms with van der Waals surface area (Å²) in [5.74, 6) is 0. The zero-order valence-electron chi connectivity index (χ0n) is 11.3. The van der Waals surface area contributed by atoms with Crippen LogP contribution < -0.4 is 5.73 Å². The smallest absolute Gasteiger partial charge is 0.0465 e. The molecular weight excluding hydrogens is 267 g/mol. The third-order valence-corrected chi connectivity index (χ3v) is 3.80. The van der Waals surface area contributed by atoms with Crippen LogP contribution in [-0.4, -0.2) is 24.5 Å². The molecule has 0 aromatic heterocycles. The summed E-state index contributed by atoms with van der Waals surface area (Å²) in [5, 5.41) is 1.46. The van der Waals surface area contributed by atoms with Crippen LogP contribution in [0.4, 0.5) is 0 Å². The summed E-state index contributed by atoms with van der Waals surface area (Å²) < 4.78 is 0. The van der Waals surface area contributed by atoms with E-state index in [1.54, 1.807) is 0 Å². The van der Waals surface area contributed by atoms with Gasteiger partial charge in [0.2, 0.25) is 0 Å².